The smallest absolute Gasteiger partial charge is 0.105 e. The minimum atomic E-state index is 0.164. The summed E-state index contributed by atoms with van der Waals surface area (Å²) in [6, 6.07) is 11.9. The van der Waals surface area contributed by atoms with E-state index in [9.17, 15) is 0 Å². The summed E-state index contributed by atoms with van der Waals surface area (Å²) in [7, 11) is 0. The first kappa shape index (κ1) is 19.0. The van der Waals surface area contributed by atoms with Crippen LogP contribution in [0.15, 0.2) is 54.9 Å². The average molecular weight is 426 g/mol. The molecule has 0 fully saturated rings. The van der Waals surface area contributed by atoms with Crippen LogP contribution < -0.4 is 5.32 Å². The number of nitrogens with one attached hydrogen (secondary N) is 1. The summed E-state index contributed by atoms with van der Waals surface area (Å²) < 4.78 is 0. The van der Waals surface area contributed by atoms with Crippen LogP contribution in [0.4, 0.5) is 0 Å². The Morgan fingerprint density at radius 3 is 2.50 bits per heavy atom. The van der Waals surface area contributed by atoms with Crippen molar-refractivity contribution in [2.75, 3.05) is 0 Å². The summed E-state index contributed by atoms with van der Waals surface area (Å²) in [5, 5.41) is 4.37. The third kappa shape index (κ3) is 4.21. The highest BCUT2D eigenvalue weighted by atomic mass is 79.9. The van der Waals surface area contributed by atoms with Crippen molar-refractivity contribution >= 4 is 50.4 Å². The molecule has 3 rings (SSSR count). The van der Waals surface area contributed by atoms with E-state index in [0.717, 1.165) is 29.0 Å². The second-order valence-corrected chi connectivity index (χ2v) is 6.97. The molecule has 1 atom stereocenters. The Kier molecular flexibility index (Phi) is 6.90. The van der Waals surface area contributed by atoms with E-state index in [1.54, 1.807) is 12.3 Å². The lowest BCUT2D eigenvalue weighted by atomic mass is 9.93. The van der Waals surface area contributed by atoms with Crippen molar-refractivity contribution in [2.45, 2.75) is 25.1 Å². The first-order chi connectivity index (χ1) is 11.6. The number of allylic oxidation sites excluding steroid dienone is 2. The molecule has 0 bridgehead atoms. The Morgan fingerprint density at radius 1 is 1.21 bits per heavy atom. The van der Waals surface area contributed by atoms with Crippen molar-refractivity contribution in [3.8, 4) is 0 Å². The van der Waals surface area contributed by atoms with Crippen LogP contribution in [-0.4, -0.2) is 9.81 Å². The van der Waals surface area contributed by atoms with Gasteiger partial charge in [-0.25, -0.2) is 0 Å². The van der Waals surface area contributed by atoms with Gasteiger partial charge in [-0.1, -0.05) is 89.9 Å². The molecule has 1 N–H and O–H groups in total. The van der Waals surface area contributed by atoms with Gasteiger partial charge in [-0.15, -0.1) is 0 Å². The fraction of sp³-hybridized carbons (Fsp3) is 0.211. The molecule has 0 saturated carbocycles. The van der Waals surface area contributed by atoms with E-state index in [0.29, 0.717) is 15.7 Å². The first-order valence-corrected chi connectivity index (χ1v) is 9.43. The number of nitrogens with zero attached hydrogens (tertiary/aromatic N) is 1. The molecule has 2 nitrogen and oxygen atoms in total. The quantitative estimate of drug-likeness (QED) is 0.551. The standard InChI is InChI=1S/C17H13BrCl2N2.C2H6/c1-10-14(18)8-13(11-5-3-2-4-6-11)16(22-10)17-15(20)7-12(19)9-21-17;1-2/h2-7,9,14,22H,1,8H2;1-2H3. The van der Waals surface area contributed by atoms with Gasteiger partial charge in [0, 0.05) is 11.9 Å². The Bertz CT molecular complexity index is 757. The topological polar surface area (TPSA) is 24.9 Å². The molecule has 0 saturated heterocycles. The third-order valence-corrected chi connectivity index (χ3v) is 4.89. The predicted octanol–water partition coefficient (Wildman–Crippen LogP) is 6.55. The number of benzene rings is 1. The normalized spacial score (nSPS) is 17.0. The maximum absolute atomic E-state index is 6.34. The third-order valence-electron chi connectivity index (χ3n) is 3.52. The van der Waals surface area contributed by atoms with E-state index in [1.165, 1.54) is 0 Å². The molecule has 2 heterocycles. The first-order valence-electron chi connectivity index (χ1n) is 7.76. The summed E-state index contributed by atoms with van der Waals surface area (Å²) in [5.74, 6) is 0. The van der Waals surface area contributed by atoms with Crippen molar-refractivity contribution in [2.24, 2.45) is 0 Å². The highest BCUT2D eigenvalue weighted by molar-refractivity contribution is 9.09. The van der Waals surface area contributed by atoms with Gasteiger partial charge in [0.25, 0.3) is 0 Å². The molecule has 1 aromatic heterocycles. The maximum Gasteiger partial charge on any atom is 0.105 e. The molecule has 0 radical (unpaired) electrons. The lowest BCUT2D eigenvalue weighted by molar-refractivity contribution is 0.895. The van der Waals surface area contributed by atoms with Crippen molar-refractivity contribution in [1.29, 1.82) is 0 Å². The number of hydrogen-bond donors (Lipinski definition) is 1. The number of pyridine rings is 1. The van der Waals surface area contributed by atoms with Gasteiger partial charge in [0.2, 0.25) is 0 Å². The van der Waals surface area contributed by atoms with Crippen LogP contribution in [0.1, 0.15) is 31.5 Å². The van der Waals surface area contributed by atoms with E-state index >= 15 is 0 Å². The number of hydrogen-bond acceptors (Lipinski definition) is 2. The van der Waals surface area contributed by atoms with E-state index < -0.39 is 0 Å². The maximum atomic E-state index is 6.34. The largest absolute Gasteiger partial charge is 0.356 e. The molecule has 126 valence electrons. The lowest BCUT2D eigenvalue weighted by Crippen LogP contribution is -2.26. The fourth-order valence-corrected chi connectivity index (χ4v) is 3.33. The Balaban J connectivity index is 0.00000100. The summed E-state index contributed by atoms with van der Waals surface area (Å²) >= 11 is 15.9. The molecule has 0 aliphatic carbocycles. The van der Waals surface area contributed by atoms with E-state index in [-0.39, 0.29) is 4.83 Å². The van der Waals surface area contributed by atoms with Crippen LogP contribution in [0.3, 0.4) is 0 Å². The molecule has 1 unspecified atom stereocenters. The zero-order valence-electron chi connectivity index (χ0n) is 13.6. The second kappa shape index (κ2) is 8.70. The van der Waals surface area contributed by atoms with E-state index in [2.05, 4.69) is 44.9 Å². The minimum absolute atomic E-state index is 0.164. The van der Waals surface area contributed by atoms with E-state index in [4.69, 9.17) is 23.2 Å². The molecule has 5 heteroatoms. The van der Waals surface area contributed by atoms with Crippen LogP contribution >= 0.6 is 39.1 Å². The van der Waals surface area contributed by atoms with Crippen LogP contribution in [0.5, 0.6) is 0 Å². The minimum Gasteiger partial charge on any atom is -0.356 e. The molecule has 2 aromatic rings. The van der Waals surface area contributed by atoms with E-state index in [1.807, 2.05) is 32.0 Å². The van der Waals surface area contributed by atoms with Crippen molar-refractivity contribution in [3.63, 3.8) is 0 Å². The van der Waals surface area contributed by atoms with Gasteiger partial charge in [-0.3, -0.25) is 4.98 Å². The molecule has 24 heavy (non-hydrogen) atoms. The number of rotatable bonds is 2. The van der Waals surface area contributed by atoms with Crippen molar-refractivity contribution < 1.29 is 0 Å². The fourth-order valence-electron chi connectivity index (χ4n) is 2.42. The second-order valence-electron chi connectivity index (χ2n) is 5.03. The SMILES string of the molecule is C=C1NC(c2ncc(Cl)cc2Cl)=C(c2ccccc2)CC1Br.CC. The van der Waals surface area contributed by atoms with Crippen LogP contribution in [-0.2, 0) is 0 Å². The summed E-state index contributed by atoms with van der Waals surface area (Å²) in [5.41, 5.74) is 4.74. The van der Waals surface area contributed by atoms with Gasteiger partial charge in [-0.05, 0) is 23.6 Å². The molecular weight excluding hydrogens is 407 g/mol. The van der Waals surface area contributed by atoms with Crippen LogP contribution in [0.2, 0.25) is 10.0 Å². The highest BCUT2D eigenvalue weighted by Crippen LogP contribution is 2.38. The summed E-state index contributed by atoms with van der Waals surface area (Å²) in [4.78, 5) is 4.56. The Morgan fingerprint density at radius 2 is 1.88 bits per heavy atom. The monoisotopic (exact) mass is 424 g/mol. The van der Waals surface area contributed by atoms with Gasteiger partial charge in [-0.2, -0.15) is 0 Å². The van der Waals surface area contributed by atoms with Crippen molar-refractivity contribution in [1.82, 2.24) is 10.3 Å². The number of alkyl halides is 1. The lowest BCUT2D eigenvalue weighted by Gasteiger charge is -2.28. The van der Waals surface area contributed by atoms with Crippen LogP contribution in [0.25, 0.3) is 11.3 Å². The predicted molar refractivity (Wildman–Crippen MR) is 108 cm³/mol. The van der Waals surface area contributed by atoms with Crippen molar-refractivity contribution in [3.05, 3.63) is 76.2 Å². The number of aromatic nitrogens is 1. The zero-order chi connectivity index (χ0) is 17.7. The van der Waals surface area contributed by atoms with Gasteiger partial charge in [0.05, 0.1) is 20.6 Å². The van der Waals surface area contributed by atoms with Gasteiger partial charge in [0.1, 0.15) is 5.69 Å². The molecule has 1 aromatic carbocycles. The molecule has 0 spiro atoms. The molecule has 1 aliphatic heterocycles. The molecular formula is C19H19BrCl2N2. The number of halogens is 3. The molecule has 1 aliphatic rings. The highest BCUT2D eigenvalue weighted by Gasteiger charge is 2.25. The van der Waals surface area contributed by atoms with Crippen LogP contribution in [0, 0.1) is 0 Å². The summed E-state index contributed by atoms with van der Waals surface area (Å²) in [6.45, 7) is 8.06. The van der Waals surface area contributed by atoms with Gasteiger partial charge < -0.3 is 5.32 Å². The Hall–Kier alpha value is -1.29. The van der Waals surface area contributed by atoms with Gasteiger partial charge in [0.15, 0.2) is 0 Å². The summed E-state index contributed by atoms with van der Waals surface area (Å²) in [6.07, 6.45) is 2.41. The Labute approximate surface area is 161 Å². The van der Waals surface area contributed by atoms with Gasteiger partial charge >= 0.3 is 0 Å². The zero-order valence-corrected chi connectivity index (χ0v) is 16.7. The molecule has 0 amide bonds. The average Bonchev–Trinajstić information content (AvgIpc) is 2.60.